The second-order valence-corrected chi connectivity index (χ2v) is 5.69. The summed E-state index contributed by atoms with van der Waals surface area (Å²) in [7, 11) is 0. The van der Waals surface area contributed by atoms with Gasteiger partial charge in [-0.2, -0.15) is 0 Å². The van der Waals surface area contributed by atoms with Gasteiger partial charge in [-0.1, -0.05) is 42.8 Å². The molecule has 0 bridgehead atoms. The van der Waals surface area contributed by atoms with E-state index in [9.17, 15) is 0 Å². The Hall–Kier alpha value is -1.08. The Balaban J connectivity index is 2.61. The van der Waals surface area contributed by atoms with E-state index in [1.165, 1.54) is 16.7 Å². The van der Waals surface area contributed by atoms with Crippen molar-refractivity contribution in [3.05, 3.63) is 41.0 Å². The van der Waals surface area contributed by atoms with Gasteiger partial charge in [0, 0.05) is 12.1 Å². The molecule has 1 rings (SSSR count). The topological polar surface area (TPSA) is 12.0 Å². The minimum Gasteiger partial charge on any atom is -0.308 e. The molecule has 0 aliphatic heterocycles. The number of aryl methyl sites for hydroxylation is 1. The Bertz CT molecular complexity index is 366. The van der Waals surface area contributed by atoms with Crippen molar-refractivity contribution < 1.29 is 0 Å². The molecule has 0 heterocycles. The van der Waals surface area contributed by atoms with Crippen LogP contribution in [0, 0.1) is 0 Å². The lowest BCUT2D eigenvalue weighted by molar-refractivity contribution is 0.445. The molecular weight excluding hydrogens is 206 g/mol. The van der Waals surface area contributed by atoms with E-state index in [0.717, 1.165) is 13.0 Å². The van der Waals surface area contributed by atoms with Gasteiger partial charge in [0.25, 0.3) is 0 Å². The molecular formula is C16H25N. The fourth-order valence-electron chi connectivity index (χ4n) is 1.59. The van der Waals surface area contributed by atoms with Crippen molar-refractivity contribution in [1.29, 1.82) is 0 Å². The van der Waals surface area contributed by atoms with E-state index >= 15 is 0 Å². The SMILES string of the molecule is CCc1ccc(C=C(C)CNC(C)(C)C)cc1. The predicted molar refractivity (Wildman–Crippen MR) is 77.2 cm³/mol. The Labute approximate surface area is 106 Å². The second kappa shape index (κ2) is 6.02. The highest BCUT2D eigenvalue weighted by Gasteiger charge is 2.07. The highest BCUT2D eigenvalue weighted by atomic mass is 14.9. The lowest BCUT2D eigenvalue weighted by Gasteiger charge is -2.20. The summed E-state index contributed by atoms with van der Waals surface area (Å²) in [6, 6.07) is 8.80. The molecule has 1 aromatic carbocycles. The first-order valence-electron chi connectivity index (χ1n) is 6.42. The van der Waals surface area contributed by atoms with E-state index in [2.05, 4.69) is 70.3 Å². The van der Waals surface area contributed by atoms with Crippen LogP contribution in [0.1, 0.15) is 45.7 Å². The number of hydrogen-bond acceptors (Lipinski definition) is 1. The van der Waals surface area contributed by atoms with Crippen LogP contribution in [0.5, 0.6) is 0 Å². The van der Waals surface area contributed by atoms with Gasteiger partial charge in [-0.15, -0.1) is 0 Å². The Kier molecular flexibility index (Phi) is 4.95. The van der Waals surface area contributed by atoms with Gasteiger partial charge in [-0.05, 0) is 45.2 Å². The zero-order valence-electron chi connectivity index (χ0n) is 11.8. The van der Waals surface area contributed by atoms with Gasteiger partial charge in [0.15, 0.2) is 0 Å². The highest BCUT2D eigenvalue weighted by Crippen LogP contribution is 2.10. The molecule has 0 saturated heterocycles. The third kappa shape index (κ3) is 5.69. The summed E-state index contributed by atoms with van der Waals surface area (Å²) in [6.07, 6.45) is 3.35. The maximum absolute atomic E-state index is 3.50. The highest BCUT2D eigenvalue weighted by molar-refractivity contribution is 5.53. The third-order valence-corrected chi connectivity index (χ3v) is 2.70. The number of rotatable bonds is 4. The van der Waals surface area contributed by atoms with E-state index in [4.69, 9.17) is 0 Å². The summed E-state index contributed by atoms with van der Waals surface area (Å²) in [6.45, 7) is 11.9. The first-order valence-corrected chi connectivity index (χ1v) is 6.42. The van der Waals surface area contributed by atoms with Crippen LogP contribution >= 0.6 is 0 Å². The fraction of sp³-hybridized carbons (Fsp3) is 0.500. The largest absolute Gasteiger partial charge is 0.308 e. The van der Waals surface area contributed by atoms with Gasteiger partial charge in [-0.3, -0.25) is 0 Å². The lowest BCUT2D eigenvalue weighted by atomic mass is 10.1. The average molecular weight is 231 g/mol. The van der Waals surface area contributed by atoms with Gasteiger partial charge >= 0.3 is 0 Å². The Morgan fingerprint density at radius 1 is 1.18 bits per heavy atom. The van der Waals surface area contributed by atoms with E-state index in [-0.39, 0.29) is 5.54 Å². The average Bonchev–Trinajstić information content (AvgIpc) is 2.27. The predicted octanol–water partition coefficient (Wildman–Crippen LogP) is 4.04. The van der Waals surface area contributed by atoms with Crippen LogP contribution in [0.3, 0.4) is 0 Å². The van der Waals surface area contributed by atoms with Crippen molar-refractivity contribution >= 4 is 6.08 Å². The summed E-state index contributed by atoms with van der Waals surface area (Å²) >= 11 is 0. The minimum atomic E-state index is 0.182. The molecule has 0 saturated carbocycles. The maximum atomic E-state index is 3.50. The van der Waals surface area contributed by atoms with Crippen LogP contribution < -0.4 is 5.32 Å². The first-order chi connectivity index (χ1) is 7.90. The second-order valence-electron chi connectivity index (χ2n) is 5.69. The normalized spacial score (nSPS) is 12.9. The van der Waals surface area contributed by atoms with Crippen molar-refractivity contribution in [3.8, 4) is 0 Å². The van der Waals surface area contributed by atoms with Gasteiger partial charge in [0.05, 0.1) is 0 Å². The Morgan fingerprint density at radius 2 is 1.76 bits per heavy atom. The molecule has 94 valence electrons. The zero-order valence-corrected chi connectivity index (χ0v) is 11.8. The van der Waals surface area contributed by atoms with E-state index in [1.54, 1.807) is 0 Å². The van der Waals surface area contributed by atoms with E-state index in [0.29, 0.717) is 0 Å². The molecule has 0 amide bonds. The molecule has 0 aliphatic carbocycles. The zero-order chi connectivity index (χ0) is 12.9. The number of hydrogen-bond donors (Lipinski definition) is 1. The third-order valence-electron chi connectivity index (χ3n) is 2.70. The van der Waals surface area contributed by atoms with E-state index in [1.807, 2.05) is 0 Å². The molecule has 1 N–H and O–H groups in total. The molecule has 0 atom stereocenters. The molecule has 17 heavy (non-hydrogen) atoms. The molecule has 1 aromatic rings. The summed E-state index contributed by atoms with van der Waals surface area (Å²) in [5, 5.41) is 3.50. The molecule has 1 heteroatoms. The molecule has 0 fully saturated rings. The quantitative estimate of drug-likeness (QED) is 0.824. The van der Waals surface area contributed by atoms with Crippen LogP contribution in [-0.2, 0) is 6.42 Å². The molecule has 0 aliphatic rings. The van der Waals surface area contributed by atoms with Crippen LogP contribution in [0.2, 0.25) is 0 Å². The van der Waals surface area contributed by atoms with Crippen molar-refractivity contribution in [3.63, 3.8) is 0 Å². The van der Waals surface area contributed by atoms with Crippen LogP contribution in [-0.4, -0.2) is 12.1 Å². The first kappa shape index (κ1) is 14.0. The van der Waals surface area contributed by atoms with Crippen molar-refractivity contribution in [2.75, 3.05) is 6.54 Å². The summed E-state index contributed by atoms with van der Waals surface area (Å²) in [4.78, 5) is 0. The maximum Gasteiger partial charge on any atom is 0.0170 e. The van der Waals surface area contributed by atoms with Crippen molar-refractivity contribution in [2.45, 2.75) is 46.6 Å². The monoisotopic (exact) mass is 231 g/mol. The number of nitrogens with one attached hydrogen (secondary N) is 1. The van der Waals surface area contributed by atoms with E-state index < -0.39 is 0 Å². The lowest BCUT2D eigenvalue weighted by Crippen LogP contribution is -2.36. The summed E-state index contributed by atoms with van der Waals surface area (Å²) in [5.74, 6) is 0. The van der Waals surface area contributed by atoms with Crippen LogP contribution in [0.4, 0.5) is 0 Å². The molecule has 0 radical (unpaired) electrons. The Morgan fingerprint density at radius 3 is 2.24 bits per heavy atom. The fourth-order valence-corrected chi connectivity index (χ4v) is 1.59. The van der Waals surface area contributed by atoms with Gasteiger partial charge in [-0.25, -0.2) is 0 Å². The summed E-state index contributed by atoms with van der Waals surface area (Å²) in [5.41, 5.74) is 4.23. The smallest absolute Gasteiger partial charge is 0.0170 e. The molecule has 0 unspecified atom stereocenters. The molecule has 0 spiro atoms. The van der Waals surface area contributed by atoms with Crippen molar-refractivity contribution in [2.24, 2.45) is 0 Å². The minimum absolute atomic E-state index is 0.182. The molecule has 0 aromatic heterocycles. The van der Waals surface area contributed by atoms with Crippen LogP contribution in [0.25, 0.3) is 6.08 Å². The van der Waals surface area contributed by atoms with Crippen molar-refractivity contribution in [1.82, 2.24) is 5.32 Å². The molecule has 1 nitrogen and oxygen atoms in total. The standard InChI is InChI=1S/C16H25N/c1-6-14-7-9-15(10-8-14)11-13(2)12-17-16(3,4)5/h7-11,17H,6,12H2,1-5H3. The van der Waals surface area contributed by atoms with Crippen LogP contribution in [0.15, 0.2) is 29.8 Å². The van der Waals surface area contributed by atoms with Gasteiger partial charge < -0.3 is 5.32 Å². The summed E-state index contributed by atoms with van der Waals surface area (Å²) < 4.78 is 0. The van der Waals surface area contributed by atoms with Gasteiger partial charge in [0.2, 0.25) is 0 Å². The van der Waals surface area contributed by atoms with Gasteiger partial charge in [0.1, 0.15) is 0 Å². The number of benzene rings is 1.